The van der Waals surface area contributed by atoms with Crippen LogP contribution in [0.4, 0.5) is 0 Å². The van der Waals surface area contributed by atoms with Crippen LogP contribution in [0, 0.1) is 13.8 Å². The lowest BCUT2D eigenvalue weighted by molar-refractivity contribution is -0.123. The number of hydrazone groups is 1. The standard InChI is InChI=1S/C17H15BrCl2N2O3/c1-9-3-12(18)4-10(2)17(9)25-8-15(23)22-21-7-11-5-13(19)6-14(20)16(11)24/h3-7,24H,8H2,1-2H3,(H,22,23)/b21-7+. The minimum atomic E-state index is -0.439. The molecular weight excluding hydrogens is 431 g/mol. The molecule has 0 spiro atoms. The van der Waals surface area contributed by atoms with Gasteiger partial charge in [-0.15, -0.1) is 0 Å². The summed E-state index contributed by atoms with van der Waals surface area (Å²) in [6.45, 7) is 3.60. The zero-order valence-electron chi connectivity index (χ0n) is 13.4. The molecule has 0 aliphatic rings. The van der Waals surface area contributed by atoms with Crippen molar-refractivity contribution < 1.29 is 14.6 Å². The van der Waals surface area contributed by atoms with E-state index in [2.05, 4.69) is 26.5 Å². The summed E-state index contributed by atoms with van der Waals surface area (Å²) in [6, 6.07) is 6.70. The SMILES string of the molecule is Cc1cc(Br)cc(C)c1OCC(=O)N/N=C/c1cc(Cl)cc(Cl)c1O. The summed E-state index contributed by atoms with van der Waals surface area (Å²) in [6.07, 6.45) is 1.25. The molecule has 0 atom stereocenters. The highest BCUT2D eigenvalue weighted by molar-refractivity contribution is 9.10. The summed E-state index contributed by atoms with van der Waals surface area (Å²) in [5, 5.41) is 14.0. The summed E-state index contributed by atoms with van der Waals surface area (Å²) in [5.41, 5.74) is 4.44. The highest BCUT2D eigenvalue weighted by Crippen LogP contribution is 2.30. The lowest BCUT2D eigenvalue weighted by atomic mass is 10.1. The van der Waals surface area contributed by atoms with Crippen molar-refractivity contribution in [3.8, 4) is 11.5 Å². The normalized spacial score (nSPS) is 10.9. The van der Waals surface area contributed by atoms with Crippen LogP contribution < -0.4 is 10.2 Å². The number of carbonyl (C=O) groups is 1. The molecule has 2 aromatic carbocycles. The number of aromatic hydroxyl groups is 1. The van der Waals surface area contributed by atoms with E-state index in [-0.39, 0.29) is 17.4 Å². The van der Waals surface area contributed by atoms with Gasteiger partial charge >= 0.3 is 0 Å². The molecule has 1 amide bonds. The molecule has 0 unspecified atom stereocenters. The first-order valence-corrected chi connectivity index (χ1v) is 8.72. The van der Waals surface area contributed by atoms with Crippen LogP contribution in [0.15, 0.2) is 33.8 Å². The molecule has 0 aromatic heterocycles. The number of phenols is 1. The van der Waals surface area contributed by atoms with Crippen molar-refractivity contribution in [2.75, 3.05) is 6.61 Å². The molecule has 0 heterocycles. The molecule has 0 radical (unpaired) electrons. The van der Waals surface area contributed by atoms with Gasteiger partial charge in [0, 0.05) is 15.1 Å². The minimum absolute atomic E-state index is 0.102. The number of benzene rings is 2. The Morgan fingerprint density at radius 1 is 1.28 bits per heavy atom. The first-order valence-electron chi connectivity index (χ1n) is 7.17. The van der Waals surface area contributed by atoms with Crippen molar-refractivity contribution in [2.45, 2.75) is 13.8 Å². The molecule has 8 heteroatoms. The molecule has 0 bridgehead atoms. The number of rotatable bonds is 5. The van der Waals surface area contributed by atoms with Crippen LogP contribution in [-0.4, -0.2) is 23.8 Å². The van der Waals surface area contributed by atoms with Gasteiger partial charge in [-0.05, 0) is 49.2 Å². The zero-order chi connectivity index (χ0) is 18.6. The van der Waals surface area contributed by atoms with Crippen LogP contribution in [0.25, 0.3) is 0 Å². The van der Waals surface area contributed by atoms with E-state index in [0.29, 0.717) is 16.3 Å². The van der Waals surface area contributed by atoms with E-state index in [1.54, 1.807) is 0 Å². The number of halogens is 3. The van der Waals surface area contributed by atoms with Crippen molar-refractivity contribution in [1.29, 1.82) is 0 Å². The van der Waals surface area contributed by atoms with Crippen LogP contribution in [0.2, 0.25) is 10.0 Å². The second-order valence-electron chi connectivity index (χ2n) is 5.28. The fourth-order valence-electron chi connectivity index (χ4n) is 2.15. The van der Waals surface area contributed by atoms with E-state index >= 15 is 0 Å². The minimum Gasteiger partial charge on any atom is -0.506 e. The van der Waals surface area contributed by atoms with Gasteiger partial charge in [-0.25, -0.2) is 5.43 Å². The van der Waals surface area contributed by atoms with Crippen LogP contribution >= 0.6 is 39.1 Å². The van der Waals surface area contributed by atoms with Gasteiger partial charge in [-0.3, -0.25) is 4.79 Å². The van der Waals surface area contributed by atoms with Crippen LogP contribution in [0.3, 0.4) is 0 Å². The predicted octanol–water partition coefficient (Wildman–Crippen LogP) is 4.61. The molecule has 0 aliphatic heterocycles. The molecule has 0 saturated heterocycles. The maximum atomic E-state index is 11.8. The molecule has 2 rings (SSSR count). The van der Waals surface area contributed by atoms with Gasteiger partial charge in [0.1, 0.15) is 11.5 Å². The Hall–Kier alpha value is -1.76. The van der Waals surface area contributed by atoms with Crippen molar-refractivity contribution >= 4 is 51.3 Å². The Morgan fingerprint density at radius 2 is 1.92 bits per heavy atom. The van der Waals surface area contributed by atoms with E-state index in [0.717, 1.165) is 15.6 Å². The quantitative estimate of drug-likeness (QED) is 0.521. The monoisotopic (exact) mass is 444 g/mol. The van der Waals surface area contributed by atoms with Crippen molar-refractivity contribution in [3.05, 3.63) is 55.5 Å². The Labute approximate surface area is 163 Å². The van der Waals surface area contributed by atoms with Crippen molar-refractivity contribution in [1.82, 2.24) is 5.43 Å². The summed E-state index contributed by atoms with van der Waals surface area (Å²) in [5.74, 6) is 0.0496. The van der Waals surface area contributed by atoms with Gasteiger partial charge in [0.25, 0.3) is 5.91 Å². The number of nitrogens with one attached hydrogen (secondary N) is 1. The summed E-state index contributed by atoms with van der Waals surface area (Å²) in [7, 11) is 0. The average molecular weight is 446 g/mol. The van der Waals surface area contributed by atoms with Gasteiger partial charge in [0.2, 0.25) is 0 Å². The number of aryl methyl sites for hydroxylation is 2. The largest absolute Gasteiger partial charge is 0.506 e. The number of nitrogens with zero attached hydrogens (tertiary/aromatic N) is 1. The van der Waals surface area contributed by atoms with E-state index in [9.17, 15) is 9.90 Å². The number of ether oxygens (including phenoxy) is 1. The Morgan fingerprint density at radius 3 is 2.56 bits per heavy atom. The van der Waals surface area contributed by atoms with Gasteiger partial charge in [-0.1, -0.05) is 39.1 Å². The number of hydrogen-bond acceptors (Lipinski definition) is 4. The van der Waals surface area contributed by atoms with Gasteiger partial charge in [0.15, 0.2) is 6.61 Å². The second kappa shape index (κ2) is 8.56. The van der Waals surface area contributed by atoms with Crippen LogP contribution in [0.5, 0.6) is 11.5 Å². The van der Waals surface area contributed by atoms with Crippen LogP contribution in [0.1, 0.15) is 16.7 Å². The smallest absolute Gasteiger partial charge is 0.277 e. The van der Waals surface area contributed by atoms with Crippen LogP contribution in [-0.2, 0) is 4.79 Å². The first-order chi connectivity index (χ1) is 11.8. The predicted molar refractivity (Wildman–Crippen MR) is 103 cm³/mol. The van der Waals surface area contributed by atoms with E-state index in [4.69, 9.17) is 27.9 Å². The zero-order valence-corrected chi connectivity index (χ0v) is 16.5. The van der Waals surface area contributed by atoms with Gasteiger partial charge in [-0.2, -0.15) is 5.10 Å². The highest BCUT2D eigenvalue weighted by atomic mass is 79.9. The summed E-state index contributed by atoms with van der Waals surface area (Å²) in [4.78, 5) is 11.8. The number of carbonyl (C=O) groups excluding carboxylic acids is 1. The van der Waals surface area contributed by atoms with E-state index in [1.165, 1.54) is 18.3 Å². The van der Waals surface area contributed by atoms with E-state index < -0.39 is 5.91 Å². The third-order valence-corrected chi connectivity index (χ3v) is 4.19. The number of amides is 1. The molecule has 25 heavy (non-hydrogen) atoms. The fourth-order valence-corrected chi connectivity index (χ4v) is 3.35. The Kier molecular flexibility index (Phi) is 6.70. The third-order valence-electron chi connectivity index (χ3n) is 3.22. The maximum absolute atomic E-state index is 11.8. The maximum Gasteiger partial charge on any atom is 0.277 e. The molecule has 2 aromatic rings. The fraction of sp³-hybridized carbons (Fsp3) is 0.176. The molecule has 5 nitrogen and oxygen atoms in total. The van der Waals surface area contributed by atoms with Crippen molar-refractivity contribution in [2.24, 2.45) is 5.10 Å². The van der Waals surface area contributed by atoms with Gasteiger partial charge < -0.3 is 9.84 Å². The number of hydrogen-bond donors (Lipinski definition) is 2. The average Bonchev–Trinajstić information content (AvgIpc) is 2.50. The molecule has 0 aliphatic carbocycles. The number of phenolic OH excluding ortho intramolecular Hbond substituents is 1. The molecule has 0 fully saturated rings. The Balaban J connectivity index is 1.96. The lowest BCUT2D eigenvalue weighted by Gasteiger charge is -2.11. The topological polar surface area (TPSA) is 70.9 Å². The molecular formula is C17H15BrCl2N2O3. The molecule has 2 N–H and O–H groups in total. The molecule has 132 valence electrons. The summed E-state index contributed by atoms with van der Waals surface area (Å²) >= 11 is 15.1. The lowest BCUT2D eigenvalue weighted by Crippen LogP contribution is -2.25. The Bertz CT molecular complexity index is 818. The van der Waals surface area contributed by atoms with Gasteiger partial charge in [0.05, 0.1) is 11.2 Å². The third kappa shape index (κ3) is 5.36. The first kappa shape index (κ1) is 19.6. The highest BCUT2D eigenvalue weighted by Gasteiger charge is 2.09. The summed E-state index contributed by atoms with van der Waals surface area (Å²) < 4.78 is 6.50. The van der Waals surface area contributed by atoms with E-state index in [1.807, 2.05) is 26.0 Å². The second-order valence-corrected chi connectivity index (χ2v) is 7.04. The molecule has 0 saturated carbocycles. The van der Waals surface area contributed by atoms with Crippen molar-refractivity contribution in [3.63, 3.8) is 0 Å².